The molecule has 1 aliphatic heterocycles. The van der Waals surface area contributed by atoms with E-state index in [2.05, 4.69) is 29.3 Å². The molecule has 1 atom stereocenters. The van der Waals surface area contributed by atoms with E-state index in [1.165, 1.54) is 17.7 Å². The summed E-state index contributed by atoms with van der Waals surface area (Å²) in [5, 5.41) is 3.16. The van der Waals surface area contributed by atoms with Crippen LogP contribution in [0.1, 0.15) is 66.9 Å². The number of hydrogen-bond donors (Lipinski definition) is 1. The summed E-state index contributed by atoms with van der Waals surface area (Å²) < 4.78 is 44.7. The Labute approximate surface area is 270 Å². The number of halogens is 3. The molecule has 3 aromatic rings. The van der Waals surface area contributed by atoms with Crippen molar-refractivity contribution in [1.82, 2.24) is 15.1 Å². The summed E-state index contributed by atoms with van der Waals surface area (Å²) in [4.78, 5) is 30.6. The summed E-state index contributed by atoms with van der Waals surface area (Å²) in [5.41, 5.74) is 1.77. The van der Waals surface area contributed by atoms with E-state index in [-0.39, 0.29) is 23.3 Å². The van der Waals surface area contributed by atoms with Crippen molar-refractivity contribution in [2.75, 3.05) is 46.9 Å². The van der Waals surface area contributed by atoms with Gasteiger partial charge >= 0.3 is 12.1 Å². The van der Waals surface area contributed by atoms with Crippen LogP contribution in [0.5, 0.6) is 0 Å². The summed E-state index contributed by atoms with van der Waals surface area (Å²) in [6.45, 7) is 5.82. The predicted octanol–water partition coefficient (Wildman–Crippen LogP) is 7.19. The van der Waals surface area contributed by atoms with Crippen molar-refractivity contribution in [3.05, 3.63) is 95.6 Å². The van der Waals surface area contributed by atoms with Crippen molar-refractivity contribution in [3.63, 3.8) is 0 Å². The number of benzene rings is 3. The number of rotatable bonds is 14. The molecule has 1 saturated heterocycles. The largest absolute Gasteiger partial charge is 0.464 e. The molecule has 3 aromatic carbocycles. The molecule has 4 rings (SSSR count). The van der Waals surface area contributed by atoms with Crippen molar-refractivity contribution < 1.29 is 27.5 Å². The zero-order chi connectivity index (χ0) is 33.2. The Balaban J connectivity index is 1.30. The minimum absolute atomic E-state index is 0.0143. The number of carbonyl (C=O) groups excluding carboxylic acids is 2. The van der Waals surface area contributed by atoms with Crippen LogP contribution in [0, 0.1) is 0 Å². The highest BCUT2D eigenvalue weighted by atomic mass is 19.4. The highest BCUT2D eigenvalue weighted by molar-refractivity contribution is 6.01. The average Bonchev–Trinajstić information content (AvgIpc) is 3.05. The zero-order valence-corrected chi connectivity index (χ0v) is 27.1. The quantitative estimate of drug-likeness (QED) is 0.190. The van der Waals surface area contributed by atoms with Gasteiger partial charge in [0.25, 0.3) is 5.91 Å². The third kappa shape index (κ3) is 9.66. The normalized spacial score (nSPS) is 15.8. The van der Waals surface area contributed by atoms with Gasteiger partial charge in [-0.2, -0.15) is 13.2 Å². The summed E-state index contributed by atoms with van der Waals surface area (Å²) in [7, 11) is 3.91. The van der Waals surface area contributed by atoms with Crippen LogP contribution in [0.25, 0.3) is 11.1 Å². The van der Waals surface area contributed by atoms with Gasteiger partial charge in [0.05, 0.1) is 12.0 Å². The second-order valence-corrected chi connectivity index (χ2v) is 12.5. The van der Waals surface area contributed by atoms with Gasteiger partial charge in [0.15, 0.2) is 0 Å². The van der Waals surface area contributed by atoms with E-state index in [1.807, 2.05) is 37.2 Å². The lowest BCUT2D eigenvalue weighted by Crippen LogP contribution is -2.45. The summed E-state index contributed by atoms with van der Waals surface area (Å²) in [6.07, 6.45) is 0.197. The predicted molar refractivity (Wildman–Crippen MR) is 176 cm³/mol. The van der Waals surface area contributed by atoms with Crippen LogP contribution in [0.2, 0.25) is 0 Å². The molecular weight excluding hydrogens is 591 g/mol. The van der Waals surface area contributed by atoms with Gasteiger partial charge in [-0.15, -0.1) is 0 Å². The first-order valence-electron chi connectivity index (χ1n) is 16.2. The Hall–Kier alpha value is -3.69. The van der Waals surface area contributed by atoms with Crippen molar-refractivity contribution in [1.29, 1.82) is 0 Å². The van der Waals surface area contributed by atoms with E-state index in [1.54, 1.807) is 24.3 Å². The summed E-state index contributed by atoms with van der Waals surface area (Å²) >= 11 is 0. The van der Waals surface area contributed by atoms with E-state index in [0.717, 1.165) is 63.9 Å². The summed E-state index contributed by atoms with van der Waals surface area (Å²) in [6, 6.07) is 22.2. The maximum atomic E-state index is 13.3. The van der Waals surface area contributed by atoms with Gasteiger partial charge < -0.3 is 19.9 Å². The molecule has 0 aromatic heterocycles. The monoisotopic (exact) mass is 637 g/mol. The Morgan fingerprint density at radius 2 is 1.57 bits per heavy atom. The molecule has 1 aliphatic rings. The second-order valence-electron chi connectivity index (χ2n) is 12.5. The van der Waals surface area contributed by atoms with Crippen LogP contribution in [-0.4, -0.2) is 74.6 Å². The van der Waals surface area contributed by atoms with E-state index in [9.17, 15) is 22.8 Å². The fourth-order valence-corrected chi connectivity index (χ4v) is 6.28. The van der Waals surface area contributed by atoms with E-state index in [0.29, 0.717) is 36.3 Å². The molecule has 0 saturated carbocycles. The number of nitrogens with zero attached hydrogens (tertiary/aromatic N) is 2. The van der Waals surface area contributed by atoms with Crippen molar-refractivity contribution in [2.45, 2.75) is 63.1 Å². The first-order chi connectivity index (χ1) is 22.0. The molecule has 1 N–H and O–H groups in total. The fraction of sp³-hybridized carbons (Fsp3) is 0.459. The van der Waals surface area contributed by atoms with Crippen LogP contribution >= 0.6 is 0 Å². The molecule has 0 aliphatic carbocycles. The lowest BCUT2D eigenvalue weighted by molar-refractivity contribution is -0.145. The number of ether oxygens (including phenoxy) is 1. The van der Waals surface area contributed by atoms with Gasteiger partial charge in [0, 0.05) is 36.7 Å². The third-order valence-electron chi connectivity index (χ3n) is 9.09. The molecule has 1 unspecified atom stereocenters. The topological polar surface area (TPSA) is 61.9 Å². The Bertz CT molecular complexity index is 1400. The Morgan fingerprint density at radius 3 is 2.20 bits per heavy atom. The standard InChI is InChI=1S/C37H46F3N3O3/c1-4-36(29-11-6-5-7-12-29,27-34(44)46-26-25-42(2)3)21-10-22-43-23-19-31(20-24-43)41-35(45)33-14-9-8-13-32(33)28-15-17-30(18-16-28)37(38,39)40/h5-9,11-18,31H,4,10,19-27H2,1-3H3,(H,41,45). The van der Waals surface area contributed by atoms with Crippen LogP contribution in [0.3, 0.4) is 0 Å². The van der Waals surface area contributed by atoms with Gasteiger partial charge in [-0.05, 0) is 87.6 Å². The minimum atomic E-state index is -4.41. The molecule has 46 heavy (non-hydrogen) atoms. The highest BCUT2D eigenvalue weighted by Crippen LogP contribution is 2.37. The van der Waals surface area contributed by atoms with E-state index < -0.39 is 11.7 Å². The van der Waals surface area contributed by atoms with Gasteiger partial charge in [0.2, 0.25) is 0 Å². The molecule has 9 heteroatoms. The maximum Gasteiger partial charge on any atom is 0.416 e. The fourth-order valence-electron chi connectivity index (χ4n) is 6.28. The van der Waals surface area contributed by atoms with Gasteiger partial charge in [0.1, 0.15) is 6.61 Å². The van der Waals surface area contributed by atoms with Crippen molar-refractivity contribution in [3.8, 4) is 11.1 Å². The number of carbonyl (C=O) groups is 2. The molecule has 0 bridgehead atoms. The van der Waals surface area contributed by atoms with Gasteiger partial charge in [-0.1, -0.05) is 67.6 Å². The number of piperidine rings is 1. The number of nitrogens with one attached hydrogen (secondary N) is 1. The second kappa shape index (κ2) is 16.2. The first kappa shape index (κ1) is 35.2. The highest BCUT2D eigenvalue weighted by Gasteiger charge is 2.34. The molecule has 0 radical (unpaired) electrons. The van der Waals surface area contributed by atoms with E-state index in [4.69, 9.17) is 4.74 Å². The van der Waals surface area contributed by atoms with E-state index >= 15 is 0 Å². The van der Waals surface area contributed by atoms with Crippen LogP contribution in [0.15, 0.2) is 78.9 Å². The first-order valence-corrected chi connectivity index (χ1v) is 16.2. The lowest BCUT2D eigenvalue weighted by Gasteiger charge is -2.35. The number of esters is 1. The molecule has 6 nitrogen and oxygen atoms in total. The molecular formula is C37H46F3N3O3. The van der Waals surface area contributed by atoms with Gasteiger partial charge in [-0.25, -0.2) is 0 Å². The SMILES string of the molecule is CCC(CCCN1CCC(NC(=O)c2ccccc2-c2ccc(C(F)(F)F)cc2)CC1)(CC(=O)OCCN(C)C)c1ccccc1. The number of hydrogen-bond acceptors (Lipinski definition) is 5. The average molecular weight is 638 g/mol. The number of amides is 1. The van der Waals surface area contributed by atoms with Crippen molar-refractivity contribution >= 4 is 11.9 Å². The lowest BCUT2D eigenvalue weighted by atomic mass is 9.72. The Kier molecular flexibility index (Phi) is 12.4. The van der Waals surface area contributed by atoms with Crippen LogP contribution in [0.4, 0.5) is 13.2 Å². The molecule has 1 fully saturated rings. The minimum Gasteiger partial charge on any atom is -0.464 e. The van der Waals surface area contributed by atoms with Crippen LogP contribution < -0.4 is 5.32 Å². The maximum absolute atomic E-state index is 13.3. The number of likely N-dealkylation sites (tertiary alicyclic amines) is 1. The molecule has 248 valence electrons. The van der Waals surface area contributed by atoms with Gasteiger partial charge in [-0.3, -0.25) is 9.59 Å². The molecule has 1 heterocycles. The third-order valence-corrected chi connectivity index (χ3v) is 9.09. The summed E-state index contributed by atoms with van der Waals surface area (Å²) in [5.74, 6) is -0.383. The smallest absolute Gasteiger partial charge is 0.416 e. The number of alkyl halides is 3. The Morgan fingerprint density at radius 1 is 0.913 bits per heavy atom. The van der Waals surface area contributed by atoms with Crippen molar-refractivity contribution in [2.24, 2.45) is 0 Å². The molecule has 1 amide bonds. The molecule has 0 spiro atoms. The van der Waals surface area contributed by atoms with Crippen LogP contribution in [-0.2, 0) is 21.1 Å². The zero-order valence-electron chi connectivity index (χ0n) is 27.1. The number of likely N-dealkylation sites (N-methyl/N-ethyl adjacent to an activating group) is 1.